The molecule has 0 aliphatic carbocycles. The number of ether oxygens (including phenoxy) is 2. The number of benzene rings is 2. The Morgan fingerprint density at radius 3 is 2.72 bits per heavy atom. The van der Waals surface area contributed by atoms with Gasteiger partial charge in [-0.1, -0.05) is 6.07 Å². The molecule has 2 unspecified atom stereocenters. The molecular weight excluding hydrogens is 555 g/mol. The Balaban J connectivity index is 1.07. The quantitative estimate of drug-likeness (QED) is 0.366. The third-order valence-electron chi connectivity index (χ3n) is 8.65. The number of rotatable bonds is 10. The van der Waals surface area contributed by atoms with Crippen molar-refractivity contribution in [3.63, 3.8) is 0 Å². The molecule has 2 aromatic carbocycles. The van der Waals surface area contributed by atoms with Crippen molar-refractivity contribution in [2.75, 3.05) is 26.3 Å². The first-order valence-corrected chi connectivity index (χ1v) is 14.8. The van der Waals surface area contributed by atoms with Crippen molar-refractivity contribution < 1.29 is 33.4 Å². The summed E-state index contributed by atoms with van der Waals surface area (Å²) in [5, 5.41) is 9.80. The molecule has 43 heavy (non-hydrogen) atoms. The Hall–Kier alpha value is -4.09. The molecule has 2 fully saturated rings. The van der Waals surface area contributed by atoms with Crippen LogP contribution >= 0.6 is 0 Å². The number of aromatic nitrogens is 1. The first-order valence-electron chi connectivity index (χ1n) is 14.8. The van der Waals surface area contributed by atoms with Crippen LogP contribution in [0, 0.1) is 5.82 Å². The first-order chi connectivity index (χ1) is 20.7. The predicted molar refractivity (Wildman–Crippen MR) is 155 cm³/mol. The number of primary amides is 1. The molecule has 3 N–H and O–H groups in total. The van der Waals surface area contributed by atoms with Crippen LogP contribution in [0.5, 0.6) is 5.75 Å². The summed E-state index contributed by atoms with van der Waals surface area (Å²) in [7, 11) is 0. The molecule has 2 atom stereocenters. The minimum atomic E-state index is -1.06. The van der Waals surface area contributed by atoms with Crippen LogP contribution < -0.4 is 10.5 Å². The highest BCUT2D eigenvalue weighted by atomic mass is 19.1. The van der Waals surface area contributed by atoms with Gasteiger partial charge in [0.1, 0.15) is 29.2 Å². The van der Waals surface area contributed by atoms with E-state index in [1.165, 1.54) is 4.90 Å². The topological polar surface area (TPSA) is 135 Å². The van der Waals surface area contributed by atoms with E-state index in [2.05, 4.69) is 9.88 Å². The predicted octanol–water partition coefficient (Wildman–Crippen LogP) is 3.60. The summed E-state index contributed by atoms with van der Waals surface area (Å²) >= 11 is 0. The molecule has 11 heteroatoms. The molecule has 2 saturated heterocycles. The number of amides is 2. The maximum atomic E-state index is 15.2. The molecule has 2 amide bonds. The lowest BCUT2D eigenvalue weighted by Gasteiger charge is -2.24. The van der Waals surface area contributed by atoms with Gasteiger partial charge in [0.2, 0.25) is 5.91 Å². The number of nitrogens with zero attached hydrogens (tertiary/aromatic N) is 3. The number of pyridine rings is 1. The third-order valence-corrected chi connectivity index (χ3v) is 8.65. The van der Waals surface area contributed by atoms with Crippen LogP contribution in [0.1, 0.15) is 65.2 Å². The van der Waals surface area contributed by atoms with Crippen LogP contribution in [0.15, 0.2) is 42.5 Å². The second-order valence-electron chi connectivity index (χ2n) is 11.6. The van der Waals surface area contributed by atoms with Crippen molar-refractivity contribution in [1.82, 2.24) is 14.8 Å². The van der Waals surface area contributed by atoms with Crippen LogP contribution in [0.25, 0.3) is 10.9 Å². The van der Waals surface area contributed by atoms with Crippen molar-refractivity contribution in [3.05, 3.63) is 70.7 Å². The number of likely N-dealkylation sites (tertiary alicyclic amines) is 1. The molecule has 0 spiro atoms. The average Bonchev–Trinajstić information content (AvgIpc) is 3.56. The summed E-state index contributed by atoms with van der Waals surface area (Å²) in [6.07, 6.45) is 2.23. The Bertz CT molecular complexity index is 1560. The number of carboxylic acid groups (broad SMARTS) is 1. The van der Waals surface area contributed by atoms with E-state index in [0.717, 1.165) is 42.5 Å². The van der Waals surface area contributed by atoms with Gasteiger partial charge < -0.3 is 25.2 Å². The SMILES string of the molecule is NC(=O)C(CCC(=O)O)N1Cc2cc(OC3CCN(Cc4cc(F)c5nc(C6CCOCC6)ccc5c4)C3)ccc2C1=O. The second-order valence-corrected chi connectivity index (χ2v) is 11.6. The second kappa shape index (κ2) is 12.3. The highest BCUT2D eigenvalue weighted by molar-refractivity contribution is 6.01. The lowest BCUT2D eigenvalue weighted by atomic mass is 9.95. The van der Waals surface area contributed by atoms with Gasteiger partial charge in [0.25, 0.3) is 5.91 Å². The molecule has 0 bridgehead atoms. The van der Waals surface area contributed by atoms with E-state index in [1.54, 1.807) is 24.3 Å². The number of carbonyl (C=O) groups excluding carboxylic acids is 2. The number of carboxylic acids is 1. The van der Waals surface area contributed by atoms with E-state index in [4.69, 9.17) is 20.3 Å². The number of carbonyl (C=O) groups is 3. The molecule has 226 valence electrons. The Labute approximate surface area is 248 Å². The molecule has 6 rings (SSSR count). The fourth-order valence-electron chi connectivity index (χ4n) is 6.42. The number of aliphatic carboxylic acids is 1. The lowest BCUT2D eigenvalue weighted by molar-refractivity contribution is -0.137. The van der Waals surface area contributed by atoms with Gasteiger partial charge in [-0.05, 0) is 73.2 Å². The number of halogens is 1. The average molecular weight is 591 g/mol. The van der Waals surface area contributed by atoms with Crippen LogP contribution in [0.4, 0.5) is 4.39 Å². The Kier molecular flexibility index (Phi) is 8.27. The number of hydrogen-bond acceptors (Lipinski definition) is 7. The largest absolute Gasteiger partial charge is 0.489 e. The third kappa shape index (κ3) is 6.33. The molecule has 0 radical (unpaired) electrons. The highest BCUT2D eigenvalue weighted by Crippen LogP contribution is 2.32. The Morgan fingerprint density at radius 1 is 1.14 bits per heavy atom. The Morgan fingerprint density at radius 2 is 1.95 bits per heavy atom. The van der Waals surface area contributed by atoms with E-state index >= 15 is 4.39 Å². The summed E-state index contributed by atoms with van der Waals surface area (Å²) in [5.41, 5.74) is 8.88. The van der Waals surface area contributed by atoms with E-state index in [-0.39, 0.29) is 37.2 Å². The minimum absolute atomic E-state index is 0.0411. The van der Waals surface area contributed by atoms with Crippen molar-refractivity contribution in [3.8, 4) is 5.75 Å². The molecule has 3 aliphatic heterocycles. The smallest absolute Gasteiger partial charge is 0.303 e. The molecule has 3 aromatic rings. The maximum absolute atomic E-state index is 15.2. The van der Waals surface area contributed by atoms with Crippen molar-refractivity contribution >= 4 is 28.7 Å². The maximum Gasteiger partial charge on any atom is 0.303 e. The van der Waals surface area contributed by atoms with Gasteiger partial charge in [-0.15, -0.1) is 0 Å². The summed E-state index contributed by atoms with van der Waals surface area (Å²) in [6.45, 7) is 3.64. The monoisotopic (exact) mass is 590 g/mol. The summed E-state index contributed by atoms with van der Waals surface area (Å²) in [5.74, 6) is -1.52. The fraction of sp³-hybridized carbons (Fsp3) is 0.438. The van der Waals surface area contributed by atoms with Crippen LogP contribution in [-0.2, 0) is 27.4 Å². The van der Waals surface area contributed by atoms with Gasteiger partial charge >= 0.3 is 5.97 Å². The van der Waals surface area contributed by atoms with Crippen molar-refractivity contribution in [2.45, 2.75) is 63.3 Å². The normalized spacial score (nSPS) is 20.0. The van der Waals surface area contributed by atoms with Gasteiger partial charge in [0, 0.05) is 68.4 Å². The van der Waals surface area contributed by atoms with Gasteiger partial charge in [-0.2, -0.15) is 0 Å². The number of nitrogens with two attached hydrogens (primary N) is 1. The van der Waals surface area contributed by atoms with Gasteiger partial charge in [-0.25, -0.2) is 9.37 Å². The molecular formula is C32H35FN4O6. The molecule has 0 saturated carbocycles. The lowest BCUT2D eigenvalue weighted by Crippen LogP contribution is -2.45. The van der Waals surface area contributed by atoms with Crippen LogP contribution in [0.3, 0.4) is 0 Å². The number of fused-ring (bicyclic) bond motifs is 2. The summed E-state index contributed by atoms with van der Waals surface area (Å²) < 4.78 is 26.9. The van der Waals surface area contributed by atoms with Gasteiger partial charge in [0.15, 0.2) is 0 Å². The summed E-state index contributed by atoms with van der Waals surface area (Å²) in [6, 6.07) is 11.8. The molecule has 3 aliphatic rings. The van der Waals surface area contributed by atoms with Crippen LogP contribution in [0.2, 0.25) is 0 Å². The van der Waals surface area contributed by atoms with E-state index in [1.807, 2.05) is 18.2 Å². The molecule has 4 heterocycles. The number of hydrogen-bond donors (Lipinski definition) is 2. The minimum Gasteiger partial charge on any atom is -0.489 e. The summed E-state index contributed by atoms with van der Waals surface area (Å²) in [4.78, 5) is 44.2. The first kappa shape index (κ1) is 29.0. The fourth-order valence-corrected chi connectivity index (χ4v) is 6.42. The van der Waals surface area contributed by atoms with Crippen molar-refractivity contribution in [1.29, 1.82) is 0 Å². The van der Waals surface area contributed by atoms with Crippen LogP contribution in [-0.4, -0.2) is 76.1 Å². The zero-order chi connectivity index (χ0) is 30.1. The molecule has 1 aromatic heterocycles. The van der Waals surface area contributed by atoms with E-state index in [9.17, 15) is 14.4 Å². The van der Waals surface area contributed by atoms with Gasteiger partial charge in [0.05, 0.1) is 0 Å². The van der Waals surface area contributed by atoms with Gasteiger partial charge in [-0.3, -0.25) is 19.3 Å². The van der Waals surface area contributed by atoms with Crippen molar-refractivity contribution in [2.24, 2.45) is 5.73 Å². The van der Waals surface area contributed by atoms with E-state index in [0.29, 0.717) is 54.6 Å². The molecule has 10 nitrogen and oxygen atoms in total. The zero-order valence-corrected chi connectivity index (χ0v) is 23.8. The zero-order valence-electron chi connectivity index (χ0n) is 23.8. The standard InChI is InChI=1S/C32H35FN4O6/c33-26-14-19(13-21-1-4-27(35-30(21)26)20-8-11-42-12-9-20)16-36-10-7-24(18-36)43-23-2-3-25-22(15-23)17-37(32(25)41)28(31(34)40)5-6-29(38)39/h1-4,13-15,20,24,28H,5-12,16-18H2,(H2,34,40)(H,38,39). The van der Waals surface area contributed by atoms with E-state index < -0.39 is 17.9 Å². The highest BCUT2D eigenvalue weighted by Gasteiger charge is 2.36.